The summed E-state index contributed by atoms with van der Waals surface area (Å²) in [6.45, 7) is 6.17. The van der Waals surface area contributed by atoms with Gasteiger partial charge in [-0.1, -0.05) is 141 Å². The molecule has 4 heteroatoms. The van der Waals surface area contributed by atoms with Gasteiger partial charge in [0.15, 0.2) is 0 Å². The number of hydrogen-bond donors (Lipinski definition) is 1. The highest BCUT2D eigenvalue weighted by molar-refractivity contribution is 6.11. The van der Waals surface area contributed by atoms with Crippen molar-refractivity contribution in [3.63, 3.8) is 0 Å². The summed E-state index contributed by atoms with van der Waals surface area (Å²) in [5, 5.41) is 10.9. The smallest absolute Gasteiger partial charge is 0.242 e. The first-order valence-electron chi connectivity index (χ1n) is 20.0. The van der Waals surface area contributed by atoms with E-state index in [0.717, 1.165) is 51.4 Å². The third-order valence-corrected chi connectivity index (χ3v) is 9.84. The molecule has 0 aliphatic rings. The van der Waals surface area contributed by atoms with Crippen LogP contribution in [0.1, 0.15) is 201 Å². The summed E-state index contributed by atoms with van der Waals surface area (Å²) in [6, 6.07) is 0. The van der Waals surface area contributed by atoms with Crippen LogP contribution in [0, 0.1) is 0 Å². The lowest BCUT2D eigenvalue weighted by Gasteiger charge is -2.45. The zero-order valence-corrected chi connectivity index (χ0v) is 31.9. The van der Waals surface area contributed by atoms with Crippen LogP contribution in [0.3, 0.4) is 0 Å². The van der Waals surface area contributed by atoms with Crippen molar-refractivity contribution < 1.29 is 19.2 Å². The lowest BCUT2D eigenvalue weighted by atomic mass is 9.77. The number of quaternary nitrogens is 1. The Kier molecular flexibility index (Phi) is 29.0. The Morgan fingerprint density at radius 3 is 1.02 bits per heavy atom. The minimum Gasteiger partial charge on any atom is -0.386 e. The lowest BCUT2D eigenvalue weighted by molar-refractivity contribution is -0.906. The van der Waals surface area contributed by atoms with Crippen molar-refractivity contribution in [2.75, 3.05) is 21.1 Å². The summed E-state index contributed by atoms with van der Waals surface area (Å²) in [4.78, 5) is 27.4. The molecule has 0 aromatic rings. The van der Waals surface area contributed by atoms with Gasteiger partial charge in [-0.15, -0.1) is 0 Å². The molecule has 0 radical (unpaired) electrons. The molecule has 1 unspecified atom stereocenters. The molecule has 0 amide bonds. The maximum Gasteiger partial charge on any atom is 0.242 e. The molecule has 0 fully saturated rings. The number of Topliss-reactive ketones (excluding diaryl/α,β-unsaturated/α-hetero) is 2. The van der Waals surface area contributed by atoms with E-state index in [9.17, 15) is 14.7 Å². The summed E-state index contributed by atoms with van der Waals surface area (Å²) in [5.74, 6) is -0.157. The number of aliphatic hydroxyl groups excluding tert-OH is 1. The van der Waals surface area contributed by atoms with E-state index in [2.05, 4.69) is 38.2 Å². The van der Waals surface area contributed by atoms with Gasteiger partial charge in [0.25, 0.3) is 0 Å². The van der Waals surface area contributed by atoms with Crippen LogP contribution >= 0.6 is 0 Å². The first kappa shape index (κ1) is 44.7. The molecule has 0 saturated heterocycles. The highest BCUT2D eigenvalue weighted by atomic mass is 16.3. The second-order valence-electron chi connectivity index (χ2n) is 15.0. The molecular weight excluding hydrogens is 566 g/mol. The van der Waals surface area contributed by atoms with E-state index in [4.69, 9.17) is 0 Å². The van der Waals surface area contributed by atoms with Gasteiger partial charge in [-0.05, 0) is 71.1 Å². The normalized spacial score (nSPS) is 13.3. The molecule has 0 rings (SSSR count). The first-order valence-corrected chi connectivity index (χ1v) is 20.0. The standard InChI is InChI=1S/C42H80NO3/c1-7-9-11-13-15-17-19-21-23-25-27-29-31-33-35-37-40(45)42(39(3)44,43(4,5)6)41(46)38-36-34-32-30-28-26-24-22-20-18-16-14-12-10-8-2/h21-24,39,44H,7-20,25-38H2,1-6H3/q+1/b23-21-,24-22-. The van der Waals surface area contributed by atoms with E-state index in [1.165, 1.54) is 116 Å². The number of ketones is 2. The fraction of sp³-hybridized carbons (Fsp3) is 0.857. The minimum atomic E-state index is -1.37. The van der Waals surface area contributed by atoms with E-state index in [0.29, 0.717) is 12.8 Å². The Bertz CT molecular complexity index is 724. The molecule has 0 saturated carbocycles. The predicted octanol–water partition coefficient (Wildman–Crippen LogP) is 12.0. The largest absolute Gasteiger partial charge is 0.386 e. The van der Waals surface area contributed by atoms with Crippen LogP contribution in [0.5, 0.6) is 0 Å². The third kappa shape index (κ3) is 20.9. The molecule has 0 aromatic heterocycles. The van der Waals surface area contributed by atoms with Gasteiger partial charge in [-0.2, -0.15) is 0 Å². The average molecular weight is 647 g/mol. The number of aliphatic hydroxyl groups is 1. The van der Waals surface area contributed by atoms with E-state index in [1.807, 2.05) is 21.1 Å². The summed E-state index contributed by atoms with van der Waals surface area (Å²) in [7, 11) is 5.67. The van der Waals surface area contributed by atoms with Crippen LogP contribution in [0.15, 0.2) is 24.3 Å². The molecular formula is C42H80NO3+. The van der Waals surface area contributed by atoms with Crippen LogP contribution in [0.2, 0.25) is 0 Å². The predicted molar refractivity (Wildman–Crippen MR) is 201 cm³/mol. The van der Waals surface area contributed by atoms with E-state index < -0.39 is 11.6 Å². The molecule has 0 heterocycles. The van der Waals surface area contributed by atoms with Crippen molar-refractivity contribution in [1.29, 1.82) is 0 Å². The number of carbonyl (C=O) groups excluding carboxylic acids is 2. The molecule has 0 aliphatic heterocycles. The molecule has 0 spiro atoms. The van der Waals surface area contributed by atoms with Crippen molar-refractivity contribution in [2.24, 2.45) is 0 Å². The zero-order chi connectivity index (χ0) is 34.4. The van der Waals surface area contributed by atoms with Crippen molar-refractivity contribution in [3.05, 3.63) is 24.3 Å². The Morgan fingerprint density at radius 1 is 0.500 bits per heavy atom. The monoisotopic (exact) mass is 647 g/mol. The Hall–Kier alpha value is -1.26. The Morgan fingerprint density at radius 2 is 0.761 bits per heavy atom. The maximum absolute atomic E-state index is 13.7. The van der Waals surface area contributed by atoms with Crippen molar-refractivity contribution >= 4 is 11.6 Å². The van der Waals surface area contributed by atoms with Crippen molar-refractivity contribution in [1.82, 2.24) is 0 Å². The molecule has 0 aliphatic carbocycles. The van der Waals surface area contributed by atoms with Crippen LogP contribution < -0.4 is 0 Å². The van der Waals surface area contributed by atoms with Gasteiger partial charge in [-0.3, -0.25) is 9.59 Å². The van der Waals surface area contributed by atoms with Gasteiger partial charge < -0.3 is 9.59 Å². The fourth-order valence-electron chi connectivity index (χ4n) is 7.02. The number of allylic oxidation sites excluding steroid dienone is 4. The van der Waals surface area contributed by atoms with Crippen LogP contribution in [-0.4, -0.2) is 53.9 Å². The SMILES string of the molecule is CCCCCCCC/C=C\CCCCCCCC(=O)C(C(=O)CCCCCCC/C=C\CCCCCCCC)(C(C)O)[N+](C)(C)C. The molecule has 270 valence electrons. The highest BCUT2D eigenvalue weighted by Crippen LogP contribution is 2.31. The van der Waals surface area contributed by atoms with E-state index >= 15 is 0 Å². The maximum atomic E-state index is 13.7. The minimum absolute atomic E-state index is 0.0784. The molecule has 1 N–H and O–H groups in total. The quantitative estimate of drug-likeness (QED) is 0.0327. The second-order valence-corrected chi connectivity index (χ2v) is 15.0. The summed E-state index contributed by atoms with van der Waals surface area (Å²) >= 11 is 0. The number of unbranched alkanes of at least 4 members (excludes halogenated alkanes) is 22. The third-order valence-electron chi connectivity index (χ3n) is 9.84. The Balaban J connectivity index is 4.31. The summed E-state index contributed by atoms with van der Waals surface area (Å²) < 4.78 is 0.151. The van der Waals surface area contributed by atoms with Crippen LogP contribution in [-0.2, 0) is 9.59 Å². The Labute approximate surface area is 287 Å². The molecule has 4 nitrogen and oxygen atoms in total. The first-order chi connectivity index (χ1) is 22.2. The number of nitrogens with zero attached hydrogens (tertiary/aromatic N) is 1. The zero-order valence-electron chi connectivity index (χ0n) is 31.9. The van der Waals surface area contributed by atoms with Crippen LogP contribution in [0.25, 0.3) is 0 Å². The van der Waals surface area contributed by atoms with E-state index in [1.54, 1.807) is 6.92 Å². The molecule has 0 bridgehead atoms. The van der Waals surface area contributed by atoms with E-state index in [-0.39, 0.29) is 16.0 Å². The number of rotatable bonds is 34. The summed E-state index contributed by atoms with van der Waals surface area (Å²) in [5.41, 5.74) is -1.37. The van der Waals surface area contributed by atoms with Gasteiger partial charge in [0, 0.05) is 12.8 Å². The number of hydrogen-bond acceptors (Lipinski definition) is 3. The lowest BCUT2D eigenvalue weighted by Crippen LogP contribution is -2.71. The van der Waals surface area contributed by atoms with Crippen molar-refractivity contribution in [2.45, 2.75) is 212 Å². The van der Waals surface area contributed by atoms with Gasteiger partial charge in [0.1, 0.15) is 6.10 Å². The van der Waals surface area contributed by atoms with Gasteiger partial charge in [0.05, 0.1) is 21.1 Å². The number of likely N-dealkylation sites (N-methyl/N-ethyl adjacent to an activating group) is 1. The van der Waals surface area contributed by atoms with Gasteiger partial charge >= 0.3 is 0 Å². The topological polar surface area (TPSA) is 54.4 Å². The fourth-order valence-corrected chi connectivity index (χ4v) is 7.02. The second kappa shape index (κ2) is 29.8. The molecule has 0 aromatic carbocycles. The van der Waals surface area contributed by atoms with Gasteiger partial charge in [0.2, 0.25) is 17.1 Å². The highest BCUT2D eigenvalue weighted by Gasteiger charge is 2.58. The van der Waals surface area contributed by atoms with Gasteiger partial charge in [-0.25, -0.2) is 0 Å². The molecule has 1 atom stereocenters. The van der Waals surface area contributed by atoms with Crippen LogP contribution in [0.4, 0.5) is 0 Å². The van der Waals surface area contributed by atoms with Crippen molar-refractivity contribution in [3.8, 4) is 0 Å². The number of carbonyl (C=O) groups is 2. The average Bonchev–Trinajstić information content (AvgIpc) is 3.00. The molecule has 46 heavy (non-hydrogen) atoms. The summed E-state index contributed by atoms with van der Waals surface area (Å²) in [6.07, 6.45) is 40.7.